The van der Waals surface area contributed by atoms with E-state index in [2.05, 4.69) is 16.0 Å². The number of aromatic amines is 1. The van der Waals surface area contributed by atoms with Gasteiger partial charge in [0.2, 0.25) is 5.75 Å². The smallest absolute Gasteiger partial charge is 0.338 e. The number of benzene rings is 3. The average Bonchev–Trinajstić information content (AvgIpc) is 3.55. The van der Waals surface area contributed by atoms with Crippen LogP contribution < -0.4 is 18.9 Å². The standard InChI is InChI=1S/C33H40N2O9.C7H8O/c1-38-19-7-8-20-21-9-10-35-16-18-13-27(44-32(36)17-11-25(39-2)30(41-4)26(12-17)40-3)31(42-5)28(33(37)43-6)22(18)15-24(35)29(21)34-23(20)14-19;1-6-4-2-3-5-7(6)8/h7-8,11-12,14,18,22,24,27-28,31,34H,9-10,13,15-16H2,1-6H3;2-5,8H,1H3/t18-,22+,24-,27-,28+,31+;/m1./s1. The molecule has 4 aromatic rings. The molecule has 7 rings (SSSR count). The summed E-state index contributed by atoms with van der Waals surface area (Å²) in [4.78, 5) is 33.1. The van der Waals surface area contributed by atoms with Gasteiger partial charge in [-0.05, 0) is 79.5 Å². The summed E-state index contributed by atoms with van der Waals surface area (Å²) < 4.78 is 39.1. The Hall–Kier alpha value is -4.94. The molecule has 3 aromatic carbocycles. The van der Waals surface area contributed by atoms with Crippen molar-refractivity contribution in [3.05, 3.63) is 77.0 Å². The number of rotatable bonds is 8. The molecule has 2 N–H and O–H groups in total. The van der Waals surface area contributed by atoms with Gasteiger partial charge in [-0.3, -0.25) is 9.69 Å². The lowest BCUT2D eigenvalue weighted by atomic mass is 9.63. The third-order valence-corrected chi connectivity index (χ3v) is 10.9. The van der Waals surface area contributed by atoms with Gasteiger partial charge in [-0.15, -0.1) is 0 Å². The van der Waals surface area contributed by atoms with Crippen LogP contribution in [-0.4, -0.2) is 94.9 Å². The maximum atomic E-state index is 13.5. The Morgan fingerprint density at radius 3 is 2.21 bits per heavy atom. The number of H-pyrrole nitrogens is 1. The lowest BCUT2D eigenvalue weighted by molar-refractivity contribution is -0.176. The number of carbonyl (C=O) groups excluding carboxylic acids is 2. The van der Waals surface area contributed by atoms with Crippen molar-refractivity contribution in [2.24, 2.45) is 17.8 Å². The summed E-state index contributed by atoms with van der Waals surface area (Å²) in [6.45, 7) is 3.55. The molecule has 3 heterocycles. The van der Waals surface area contributed by atoms with Gasteiger partial charge < -0.3 is 43.2 Å². The topological polar surface area (TPSA) is 138 Å². The van der Waals surface area contributed by atoms with Crippen molar-refractivity contribution in [3.8, 4) is 28.7 Å². The second-order valence-corrected chi connectivity index (χ2v) is 13.5. The van der Waals surface area contributed by atoms with E-state index in [9.17, 15) is 9.59 Å². The van der Waals surface area contributed by atoms with Gasteiger partial charge in [-0.2, -0.15) is 0 Å². The number of nitrogens with zero attached hydrogens (tertiary/aromatic N) is 1. The van der Waals surface area contributed by atoms with Gasteiger partial charge in [0, 0.05) is 42.9 Å². The Morgan fingerprint density at radius 1 is 0.885 bits per heavy atom. The number of para-hydroxylation sites is 1. The van der Waals surface area contributed by atoms with E-state index in [1.165, 1.54) is 45.1 Å². The number of phenols is 1. The highest BCUT2D eigenvalue weighted by Gasteiger charge is 2.54. The fourth-order valence-corrected chi connectivity index (χ4v) is 8.33. The molecule has 278 valence electrons. The van der Waals surface area contributed by atoms with Crippen molar-refractivity contribution in [1.29, 1.82) is 0 Å². The van der Waals surface area contributed by atoms with Crippen LogP contribution in [0.1, 0.15) is 46.1 Å². The van der Waals surface area contributed by atoms with Crippen LogP contribution in [0.4, 0.5) is 0 Å². The van der Waals surface area contributed by atoms with E-state index < -0.39 is 24.1 Å². The Kier molecular flexibility index (Phi) is 11.2. The van der Waals surface area contributed by atoms with Gasteiger partial charge in [-0.1, -0.05) is 18.2 Å². The van der Waals surface area contributed by atoms with Crippen molar-refractivity contribution in [2.75, 3.05) is 55.7 Å². The number of nitrogens with one attached hydrogen (secondary N) is 1. The summed E-state index contributed by atoms with van der Waals surface area (Å²) in [6, 6.07) is 16.6. The molecule has 0 spiro atoms. The van der Waals surface area contributed by atoms with Crippen molar-refractivity contribution in [1.82, 2.24) is 9.88 Å². The molecule has 0 radical (unpaired) electrons. The second kappa shape index (κ2) is 15.7. The summed E-state index contributed by atoms with van der Waals surface area (Å²) in [5.41, 5.74) is 4.75. The number of aryl methyl sites for hydroxylation is 1. The molecule has 12 heteroatoms. The molecule has 52 heavy (non-hydrogen) atoms. The SMILES string of the molecule is COC(=O)[C@H]1[C@H]2C[C@@H]3c4[nH]c5cc(OC)ccc5c4CCN3C[C@H]2C[C@@H](OC(=O)c2cc(OC)c(OC)c(OC)c2)[C@@H]1OC.Cc1ccccc1O. The first kappa shape index (κ1) is 36.8. The van der Waals surface area contributed by atoms with Crippen LogP contribution in [0, 0.1) is 24.7 Å². The minimum Gasteiger partial charge on any atom is -0.508 e. The predicted octanol–water partition coefficient (Wildman–Crippen LogP) is 5.87. The Balaban J connectivity index is 0.000000514. The Bertz CT molecular complexity index is 1860. The van der Waals surface area contributed by atoms with Gasteiger partial charge in [0.1, 0.15) is 23.7 Å². The van der Waals surface area contributed by atoms with E-state index >= 15 is 0 Å². The fraction of sp³-hybridized carbons (Fsp3) is 0.450. The first-order valence-electron chi connectivity index (χ1n) is 17.4. The molecule has 1 saturated heterocycles. The number of aromatic nitrogens is 1. The molecule has 6 atom stereocenters. The molecule has 1 aliphatic carbocycles. The molecule has 0 unspecified atom stereocenters. The van der Waals surface area contributed by atoms with E-state index in [0.717, 1.165) is 42.8 Å². The molecule has 0 amide bonds. The zero-order chi connectivity index (χ0) is 37.1. The molecule has 2 fully saturated rings. The summed E-state index contributed by atoms with van der Waals surface area (Å²) in [5.74, 6) is 0.809. The largest absolute Gasteiger partial charge is 0.508 e. The molecule has 12 nitrogen and oxygen atoms in total. The van der Waals surface area contributed by atoms with Crippen molar-refractivity contribution in [3.63, 3.8) is 0 Å². The van der Waals surface area contributed by atoms with Crippen LogP contribution in [0.25, 0.3) is 10.9 Å². The fourth-order valence-electron chi connectivity index (χ4n) is 8.33. The maximum absolute atomic E-state index is 13.5. The summed E-state index contributed by atoms with van der Waals surface area (Å²) in [6.07, 6.45) is 0.920. The number of esters is 2. The molecular formula is C40H48N2O10. The van der Waals surface area contributed by atoms with E-state index in [1.807, 2.05) is 37.3 Å². The third kappa shape index (κ3) is 6.97. The summed E-state index contributed by atoms with van der Waals surface area (Å²) >= 11 is 0. The van der Waals surface area contributed by atoms with Gasteiger partial charge in [0.15, 0.2) is 11.5 Å². The van der Waals surface area contributed by atoms with Crippen LogP contribution in [0.15, 0.2) is 54.6 Å². The molecule has 1 saturated carbocycles. The third-order valence-electron chi connectivity index (χ3n) is 10.9. The van der Waals surface area contributed by atoms with Crippen LogP contribution in [0.5, 0.6) is 28.7 Å². The Labute approximate surface area is 303 Å². The number of ether oxygens (including phenoxy) is 7. The van der Waals surface area contributed by atoms with Gasteiger partial charge >= 0.3 is 11.9 Å². The minimum absolute atomic E-state index is 0.0170. The zero-order valence-corrected chi connectivity index (χ0v) is 30.8. The summed E-state index contributed by atoms with van der Waals surface area (Å²) in [5, 5.41) is 10.1. The normalized spacial score (nSPS) is 23.5. The van der Waals surface area contributed by atoms with Crippen LogP contribution in [0.2, 0.25) is 0 Å². The minimum atomic E-state index is -0.670. The molecule has 0 bridgehead atoms. The van der Waals surface area contributed by atoms with E-state index in [-0.39, 0.29) is 29.4 Å². The highest BCUT2D eigenvalue weighted by atomic mass is 16.6. The summed E-state index contributed by atoms with van der Waals surface area (Å²) in [7, 11) is 9.10. The molecule has 1 aromatic heterocycles. The van der Waals surface area contributed by atoms with Crippen LogP contribution in [-0.2, 0) is 25.4 Å². The van der Waals surface area contributed by atoms with Crippen molar-refractivity contribution in [2.45, 2.75) is 44.4 Å². The zero-order valence-electron chi connectivity index (χ0n) is 30.8. The van der Waals surface area contributed by atoms with E-state index in [1.54, 1.807) is 32.4 Å². The number of methoxy groups -OCH3 is 6. The molecular weight excluding hydrogens is 668 g/mol. The lowest BCUT2D eigenvalue weighted by Gasteiger charge is -2.52. The van der Waals surface area contributed by atoms with Gasteiger partial charge in [0.05, 0.1) is 53.1 Å². The number of phenolic OH excluding ortho intramolecular Hbond substituents is 1. The van der Waals surface area contributed by atoms with E-state index in [4.69, 9.17) is 38.3 Å². The average molecular weight is 717 g/mol. The monoisotopic (exact) mass is 716 g/mol. The molecule has 3 aliphatic rings. The number of piperidine rings is 1. The highest BCUT2D eigenvalue weighted by molar-refractivity contribution is 5.91. The lowest BCUT2D eigenvalue weighted by Crippen LogP contribution is -2.58. The van der Waals surface area contributed by atoms with Crippen molar-refractivity contribution >= 4 is 22.8 Å². The first-order valence-corrected chi connectivity index (χ1v) is 17.4. The first-order chi connectivity index (χ1) is 25.1. The highest BCUT2D eigenvalue weighted by Crippen LogP contribution is 2.51. The maximum Gasteiger partial charge on any atom is 0.338 e. The number of hydrogen-bond donors (Lipinski definition) is 2. The second-order valence-electron chi connectivity index (χ2n) is 13.5. The molecule has 2 aliphatic heterocycles. The van der Waals surface area contributed by atoms with Crippen LogP contribution in [0.3, 0.4) is 0 Å². The van der Waals surface area contributed by atoms with Crippen LogP contribution >= 0.6 is 0 Å². The number of hydrogen-bond acceptors (Lipinski definition) is 11. The van der Waals surface area contributed by atoms with Gasteiger partial charge in [0.25, 0.3) is 0 Å². The Morgan fingerprint density at radius 2 is 1.62 bits per heavy atom. The predicted molar refractivity (Wildman–Crippen MR) is 194 cm³/mol. The van der Waals surface area contributed by atoms with E-state index in [0.29, 0.717) is 29.4 Å². The van der Waals surface area contributed by atoms with Crippen molar-refractivity contribution < 1.29 is 47.9 Å². The number of carbonyl (C=O) groups is 2. The number of aromatic hydroxyl groups is 1. The number of fused-ring (bicyclic) bond motifs is 6. The quantitative estimate of drug-likeness (QED) is 0.212. The van der Waals surface area contributed by atoms with Gasteiger partial charge in [-0.25, -0.2) is 4.79 Å².